The number of aliphatic hydroxyl groups excluding tert-OH is 1. The van der Waals surface area contributed by atoms with E-state index in [0.29, 0.717) is 32.4 Å². The van der Waals surface area contributed by atoms with Crippen molar-refractivity contribution in [3.8, 4) is 5.75 Å². The van der Waals surface area contributed by atoms with Crippen LogP contribution in [0.4, 0.5) is 0 Å². The topological polar surface area (TPSA) is 78.9 Å². The number of nitrogens with one attached hydrogen (secondary N) is 1. The molecule has 0 aromatic heterocycles. The van der Waals surface area contributed by atoms with Crippen LogP contribution in [0.3, 0.4) is 0 Å². The Labute approximate surface area is 159 Å². The molecule has 0 bridgehead atoms. The number of aliphatic hydroxyl groups is 1. The van der Waals surface area contributed by atoms with Crippen molar-refractivity contribution in [3.63, 3.8) is 0 Å². The van der Waals surface area contributed by atoms with Crippen LogP contribution < -0.4 is 10.1 Å². The molecule has 146 valence electrons. The van der Waals surface area contributed by atoms with Crippen molar-refractivity contribution in [1.29, 1.82) is 0 Å². The number of benzene rings is 1. The second-order valence-corrected chi connectivity index (χ2v) is 7.98. The molecule has 1 atom stereocenters. The van der Waals surface area contributed by atoms with Gasteiger partial charge in [-0.15, -0.1) is 0 Å². The Morgan fingerprint density at radius 2 is 2.19 bits per heavy atom. The third kappa shape index (κ3) is 4.10. The summed E-state index contributed by atoms with van der Waals surface area (Å²) in [7, 11) is 0. The third-order valence-electron chi connectivity index (χ3n) is 6.01. The van der Waals surface area contributed by atoms with E-state index in [-0.39, 0.29) is 29.9 Å². The predicted octanol–water partition coefficient (Wildman–Crippen LogP) is 1.95. The zero-order chi connectivity index (χ0) is 18.8. The minimum atomic E-state index is -0.256. The standard InChI is InChI=1S/C21H28N2O4/c24-17-12-16(13-17)21(15-5-6-18-14(11-15)7-10-27-18)22-19(25)3-1-8-23-9-2-4-20(23)26/h5-6,11,16-17,21,24H,1-4,7-10,12-13H2,(H,22,25). The minimum absolute atomic E-state index is 0.0183. The minimum Gasteiger partial charge on any atom is -0.493 e. The zero-order valence-electron chi connectivity index (χ0n) is 15.7. The highest BCUT2D eigenvalue weighted by Gasteiger charge is 2.36. The van der Waals surface area contributed by atoms with Crippen LogP contribution in [0.15, 0.2) is 18.2 Å². The maximum Gasteiger partial charge on any atom is 0.222 e. The summed E-state index contributed by atoms with van der Waals surface area (Å²) >= 11 is 0. The first-order valence-corrected chi connectivity index (χ1v) is 10.1. The van der Waals surface area contributed by atoms with Crippen molar-refractivity contribution in [2.45, 2.75) is 57.1 Å². The van der Waals surface area contributed by atoms with E-state index in [2.05, 4.69) is 11.4 Å². The van der Waals surface area contributed by atoms with E-state index in [9.17, 15) is 14.7 Å². The number of likely N-dealkylation sites (tertiary alicyclic amines) is 1. The molecule has 2 heterocycles. The van der Waals surface area contributed by atoms with Crippen LogP contribution in [0.5, 0.6) is 5.75 Å². The molecule has 0 radical (unpaired) electrons. The molecule has 2 fully saturated rings. The van der Waals surface area contributed by atoms with Gasteiger partial charge in [-0.1, -0.05) is 6.07 Å². The number of hydrogen-bond donors (Lipinski definition) is 2. The maximum absolute atomic E-state index is 12.5. The van der Waals surface area contributed by atoms with Gasteiger partial charge in [0.2, 0.25) is 11.8 Å². The predicted molar refractivity (Wildman–Crippen MR) is 100 cm³/mol. The van der Waals surface area contributed by atoms with E-state index < -0.39 is 0 Å². The highest BCUT2D eigenvalue weighted by atomic mass is 16.5. The van der Waals surface area contributed by atoms with Crippen molar-refractivity contribution in [3.05, 3.63) is 29.3 Å². The van der Waals surface area contributed by atoms with Crippen LogP contribution in [0.1, 0.15) is 55.7 Å². The lowest BCUT2D eigenvalue weighted by molar-refractivity contribution is -0.128. The summed E-state index contributed by atoms with van der Waals surface area (Å²) in [6.07, 6.45) is 4.77. The Hall–Kier alpha value is -2.08. The second kappa shape index (κ2) is 7.89. The molecule has 0 spiro atoms. The molecule has 1 aromatic carbocycles. The molecule has 1 unspecified atom stereocenters. The fourth-order valence-electron chi connectivity index (χ4n) is 4.39. The summed E-state index contributed by atoms with van der Waals surface area (Å²) in [6.45, 7) is 2.20. The van der Waals surface area contributed by atoms with Crippen molar-refractivity contribution in [2.75, 3.05) is 19.7 Å². The van der Waals surface area contributed by atoms with Gasteiger partial charge in [-0.2, -0.15) is 0 Å². The second-order valence-electron chi connectivity index (χ2n) is 7.98. The van der Waals surface area contributed by atoms with Crippen molar-refractivity contribution in [1.82, 2.24) is 10.2 Å². The van der Waals surface area contributed by atoms with E-state index in [1.54, 1.807) is 0 Å². The highest BCUT2D eigenvalue weighted by molar-refractivity contribution is 5.78. The zero-order valence-corrected chi connectivity index (χ0v) is 15.7. The summed E-state index contributed by atoms with van der Waals surface area (Å²) in [4.78, 5) is 26.1. The van der Waals surface area contributed by atoms with Crippen molar-refractivity contribution >= 4 is 11.8 Å². The molecule has 3 aliphatic rings. The number of amides is 2. The first-order chi connectivity index (χ1) is 13.1. The Morgan fingerprint density at radius 1 is 1.33 bits per heavy atom. The highest BCUT2D eigenvalue weighted by Crippen LogP contribution is 2.39. The Bertz CT molecular complexity index is 714. The SMILES string of the molecule is O=C(CCCN1CCCC1=O)NC(c1ccc2c(c1)CCO2)C1CC(O)C1. The van der Waals surface area contributed by atoms with Crippen molar-refractivity contribution in [2.24, 2.45) is 5.92 Å². The van der Waals surface area contributed by atoms with E-state index in [1.807, 2.05) is 17.0 Å². The number of carbonyl (C=O) groups excluding carboxylic acids is 2. The van der Waals surface area contributed by atoms with Gasteiger partial charge in [0.1, 0.15) is 5.75 Å². The van der Waals surface area contributed by atoms with Gasteiger partial charge in [0, 0.05) is 32.4 Å². The molecule has 1 aromatic rings. The van der Waals surface area contributed by atoms with E-state index in [1.165, 1.54) is 5.56 Å². The molecule has 27 heavy (non-hydrogen) atoms. The molecule has 6 nitrogen and oxygen atoms in total. The first kappa shape index (κ1) is 18.3. The molecule has 2 N–H and O–H groups in total. The maximum atomic E-state index is 12.5. The normalized spacial score (nSPS) is 24.9. The molecule has 1 aliphatic carbocycles. The van der Waals surface area contributed by atoms with Crippen LogP contribution in [0.2, 0.25) is 0 Å². The monoisotopic (exact) mass is 372 g/mol. The summed E-state index contributed by atoms with van der Waals surface area (Å²) in [5.41, 5.74) is 2.29. The lowest BCUT2D eigenvalue weighted by atomic mass is 9.74. The van der Waals surface area contributed by atoms with Crippen LogP contribution in [0.25, 0.3) is 0 Å². The summed E-state index contributed by atoms with van der Waals surface area (Å²) in [5.74, 6) is 1.43. The van der Waals surface area contributed by atoms with Gasteiger partial charge in [0.05, 0.1) is 18.8 Å². The molecule has 1 saturated carbocycles. The number of carbonyl (C=O) groups is 2. The lowest BCUT2D eigenvalue weighted by Crippen LogP contribution is -2.41. The Morgan fingerprint density at radius 3 is 2.93 bits per heavy atom. The van der Waals surface area contributed by atoms with Gasteiger partial charge >= 0.3 is 0 Å². The van der Waals surface area contributed by atoms with E-state index >= 15 is 0 Å². The average Bonchev–Trinajstić information content (AvgIpc) is 3.25. The number of hydrogen-bond acceptors (Lipinski definition) is 4. The molecule has 4 rings (SSSR count). The smallest absolute Gasteiger partial charge is 0.222 e. The summed E-state index contributed by atoms with van der Waals surface area (Å²) in [5, 5.41) is 12.9. The number of nitrogens with zero attached hydrogens (tertiary/aromatic N) is 1. The van der Waals surface area contributed by atoms with Gasteiger partial charge in [-0.05, 0) is 54.9 Å². The van der Waals surface area contributed by atoms with Gasteiger partial charge in [0.25, 0.3) is 0 Å². The van der Waals surface area contributed by atoms with Gasteiger partial charge in [0.15, 0.2) is 0 Å². The summed E-state index contributed by atoms with van der Waals surface area (Å²) in [6, 6.07) is 6.09. The summed E-state index contributed by atoms with van der Waals surface area (Å²) < 4.78 is 5.58. The van der Waals surface area contributed by atoms with Crippen molar-refractivity contribution < 1.29 is 19.4 Å². The number of ether oxygens (including phenoxy) is 1. The van der Waals surface area contributed by atoms with E-state index in [4.69, 9.17) is 4.74 Å². The molecule has 6 heteroatoms. The van der Waals surface area contributed by atoms with Crippen LogP contribution in [-0.2, 0) is 16.0 Å². The van der Waals surface area contributed by atoms with Crippen LogP contribution >= 0.6 is 0 Å². The van der Waals surface area contributed by atoms with Gasteiger partial charge in [-0.3, -0.25) is 9.59 Å². The lowest BCUT2D eigenvalue weighted by Gasteiger charge is -2.38. The fraction of sp³-hybridized carbons (Fsp3) is 0.619. The first-order valence-electron chi connectivity index (χ1n) is 10.1. The van der Waals surface area contributed by atoms with E-state index in [0.717, 1.165) is 43.5 Å². The fourth-order valence-corrected chi connectivity index (χ4v) is 4.39. The molecule has 1 saturated heterocycles. The average molecular weight is 372 g/mol. The Kier molecular flexibility index (Phi) is 5.34. The molecular weight excluding hydrogens is 344 g/mol. The number of rotatable bonds is 7. The Balaban J connectivity index is 1.36. The molecule has 2 aliphatic heterocycles. The molecule has 2 amide bonds. The quantitative estimate of drug-likeness (QED) is 0.767. The number of fused-ring (bicyclic) bond motifs is 1. The van der Waals surface area contributed by atoms with Gasteiger partial charge < -0.3 is 20.1 Å². The molecular formula is C21H28N2O4. The van der Waals surface area contributed by atoms with Gasteiger partial charge in [-0.25, -0.2) is 0 Å². The van der Waals surface area contributed by atoms with Crippen LogP contribution in [-0.4, -0.2) is 47.6 Å². The largest absolute Gasteiger partial charge is 0.493 e. The third-order valence-corrected chi connectivity index (χ3v) is 6.01. The van der Waals surface area contributed by atoms with Crippen LogP contribution in [0, 0.1) is 5.92 Å².